The third-order valence-corrected chi connectivity index (χ3v) is 3.31. The molecule has 0 unspecified atom stereocenters. The summed E-state index contributed by atoms with van der Waals surface area (Å²) in [4.78, 5) is 3.08. The Kier molecular flexibility index (Phi) is 2.91. The number of hydrogen-bond donors (Lipinski definition) is 3. The highest BCUT2D eigenvalue weighted by Gasteiger charge is 2.15. The topological polar surface area (TPSA) is 69.1 Å². The lowest BCUT2D eigenvalue weighted by molar-refractivity contribution is 0.415. The number of H-pyrrole nitrogens is 1. The van der Waals surface area contributed by atoms with Gasteiger partial charge >= 0.3 is 0 Å². The van der Waals surface area contributed by atoms with Crippen molar-refractivity contribution in [2.24, 2.45) is 0 Å². The van der Waals surface area contributed by atoms with Gasteiger partial charge in [0, 0.05) is 16.5 Å². The van der Waals surface area contributed by atoms with E-state index < -0.39 is 0 Å². The summed E-state index contributed by atoms with van der Waals surface area (Å²) >= 11 is 0. The molecule has 1 aromatic heterocycles. The Hall–Kier alpha value is -2.75. The second kappa shape index (κ2) is 4.74. The minimum Gasteiger partial charge on any atom is -0.505 e. The SMILES string of the molecule is COc1ccc(C(=N)c2[nH]c3ccccc3c2O)cc1. The first-order valence-electron chi connectivity index (χ1n) is 6.23. The Morgan fingerprint density at radius 1 is 1.10 bits per heavy atom. The van der Waals surface area contributed by atoms with E-state index in [1.165, 1.54) is 0 Å². The molecule has 0 spiro atoms. The van der Waals surface area contributed by atoms with Crippen molar-refractivity contribution in [1.82, 2.24) is 4.98 Å². The number of methoxy groups -OCH3 is 1. The van der Waals surface area contributed by atoms with Crippen molar-refractivity contribution in [3.8, 4) is 11.5 Å². The van der Waals surface area contributed by atoms with Crippen LogP contribution in [0.3, 0.4) is 0 Å². The van der Waals surface area contributed by atoms with Gasteiger partial charge in [0.05, 0.1) is 12.8 Å². The quantitative estimate of drug-likeness (QED) is 0.637. The second-order valence-electron chi connectivity index (χ2n) is 4.50. The minimum absolute atomic E-state index is 0.112. The molecular weight excluding hydrogens is 252 g/mol. The standard InChI is InChI=1S/C16H14N2O2/c1-20-11-8-6-10(7-9-11)14(17)15-16(19)12-4-2-3-5-13(12)18-15/h2-9,17-19H,1H3. The van der Waals surface area contributed by atoms with Gasteiger partial charge in [0.2, 0.25) is 0 Å². The molecule has 0 saturated carbocycles. The fourth-order valence-corrected chi connectivity index (χ4v) is 2.21. The molecule has 2 aromatic carbocycles. The van der Waals surface area contributed by atoms with E-state index in [-0.39, 0.29) is 11.5 Å². The van der Waals surface area contributed by atoms with Crippen LogP contribution in [0.4, 0.5) is 0 Å². The van der Waals surface area contributed by atoms with Crippen LogP contribution in [0.5, 0.6) is 11.5 Å². The zero-order valence-corrected chi connectivity index (χ0v) is 11.0. The smallest absolute Gasteiger partial charge is 0.150 e. The fraction of sp³-hybridized carbons (Fsp3) is 0.0625. The van der Waals surface area contributed by atoms with E-state index >= 15 is 0 Å². The van der Waals surface area contributed by atoms with Crippen LogP contribution in [0.2, 0.25) is 0 Å². The van der Waals surface area contributed by atoms with E-state index in [0.29, 0.717) is 11.3 Å². The number of aromatic nitrogens is 1. The summed E-state index contributed by atoms with van der Waals surface area (Å²) in [6, 6.07) is 14.6. The number of nitrogens with one attached hydrogen (secondary N) is 2. The average Bonchev–Trinajstić information content (AvgIpc) is 2.84. The monoisotopic (exact) mass is 266 g/mol. The molecular formula is C16H14N2O2. The maximum Gasteiger partial charge on any atom is 0.150 e. The van der Waals surface area contributed by atoms with Gasteiger partial charge in [-0.2, -0.15) is 0 Å². The average molecular weight is 266 g/mol. The lowest BCUT2D eigenvalue weighted by Crippen LogP contribution is -2.02. The molecule has 0 aliphatic rings. The molecule has 3 aromatic rings. The van der Waals surface area contributed by atoms with Gasteiger partial charge in [0.25, 0.3) is 0 Å². The van der Waals surface area contributed by atoms with Gasteiger partial charge in [-0.05, 0) is 36.4 Å². The van der Waals surface area contributed by atoms with Gasteiger partial charge in [-0.15, -0.1) is 0 Å². The van der Waals surface area contributed by atoms with E-state index in [0.717, 1.165) is 16.7 Å². The summed E-state index contributed by atoms with van der Waals surface area (Å²) in [5.74, 6) is 0.851. The maximum absolute atomic E-state index is 10.2. The first kappa shape index (κ1) is 12.3. The van der Waals surface area contributed by atoms with Crippen molar-refractivity contribution < 1.29 is 9.84 Å². The molecule has 3 N–H and O–H groups in total. The van der Waals surface area contributed by atoms with E-state index in [1.54, 1.807) is 31.4 Å². The highest BCUT2D eigenvalue weighted by molar-refractivity contribution is 6.14. The number of hydrogen-bond acceptors (Lipinski definition) is 3. The molecule has 100 valence electrons. The number of fused-ring (bicyclic) bond motifs is 1. The van der Waals surface area contributed by atoms with Gasteiger partial charge in [0.15, 0.2) is 5.75 Å². The fourth-order valence-electron chi connectivity index (χ4n) is 2.21. The molecule has 4 heteroatoms. The van der Waals surface area contributed by atoms with E-state index in [1.807, 2.05) is 24.3 Å². The normalized spacial score (nSPS) is 10.7. The summed E-state index contributed by atoms with van der Waals surface area (Å²) in [6.07, 6.45) is 0. The molecule has 0 atom stereocenters. The molecule has 0 saturated heterocycles. The molecule has 0 radical (unpaired) electrons. The van der Waals surface area contributed by atoms with E-state index in [2.05, 4.69) is 4.98 Å². The van der Waals surface area contributed by atoms with Gasteiger partial charge < -0.3 is 14.8 Å². The van der Waals surface area contributed by atoms with Gasteiger partial charge in [0.1, 0.15) is 11.4 Å². The summed E-state index contributed by atoms with van der Waals surface area (Å²) in [6.45, 7) is 0. The highest BCUT2D eigenvalue weighted by Crippen LogP contribution is 2.30. The lowest BCUT2D eigenvalue weighted by Gasteiger charge is -2.04. The molecule has 0 aliphatic carbocycles. The largest absolute Gasteiger partial charge is 0.505 e. The number of ether oxygens (including phenoxy) is 1. The summed E-state index contributed by atoms with van der Waals surface area (Å²) < 4.78 is 5.10. The Morgan fingerprint density at radius 2 is 1.80 bits per heavy atom. The van der Waals surface area contributed by atoms with Crippen molar-refractivity contribution in [2.75, 3.05) is 7.11 Å². The minimum atomic E-state index is 0.112. The van der Waals surface area contributed by atoms with Crippen LogP contribution in [-0.2, 0) is 0 Å². The summed E-state index contributed by atoms with van der Waals surface area (Å²) in [7, 11) is 1.60. The zero-order valence-electron chi connectivity index (χ0n) is 11.0. The van der Waals surface area contributed by atoms with Crippen LogP contribution >= 0.6 is 0 Å². The lowest BCUT2D eigenvalue weighted by atomic mass is 10.1. The Bertz CT molecular complexity index is 773. The zero-order chi connectivity index (χ0) is 14.1. The first-order valence-corrected chi connectivity index (χ1v) is 6.23. The Balaban J connectivity index is 2.05. The van der Waals surface area contributed by atoms with Gasteiger partial charge in [-0.1, -0.05) is 12.1 Å². The van der Waals surface area contributed by atoms with Crippen molar-refractivity contribution >= 4 is 16.6 Å². The molecule has 4 nitrogen and oxygen atoms in total. The molecule has 3 rings (SSSR count). The van der Waals surface area contributed by atoms with Crippen molar-refractivity contribution in [1.29, 1.82) is 5.41 Å². The molecule has 0 aliphatic heterocycles. The van der Waals surface area contributed by atoms with E-state index in [9.17, 15) is 5.11 Å². The van der Waals surface area contributed by atoms with Crippen LogP contribution in [0.25, 0.3) is 10.9 Å². The van der Waals surface area contributed by atoms with Crippen molar-refractivity contribution in [2.45, 2.75) is 0 Å². The van der Waals surface area contributed by atoms with Crippen LogP contribution in [0, 0.1) is 5.41 Å². The third kappa shape index (κ3) is 1.91. The Morgan fingerprint density at radius 3 is 2.45 bits per heavy atom. The van der Waals surface area contributed by atoms with Crippen LogP contribution in [0.1, 0.15) is 11.3 Å². The van der Waals surface area contributed by atoms with Gasteiger partial charge in [-0.25, -0.2) is 0 Å². The predicted molar refractivity (Wildman–Crippen MR) is 78.9 cm³/mol. The number of para-hydroxylation sites is 1. The molecule has 0 amide bonds. The molecule has 20 heavy (non-hydrogen) atoms. The maximum atomic E-state index is 10.2. The second-order valence-corrected chi connectivity index (χ2v) is 4.50. The number of aromatic amines is 1. The van der Waals surface area contributed by atoms with Crippen LogP contribution in [0.15, 0.2) is 48.5 Å². The molecule has 0 fully saturated rings. The van der Waals surface area contributed by atoms with E-state index in [4.69, 9.17) is 10.1 Å². The number of benzene rings is 2. The first-order chi connectivity index (χ1) is 9.70. The number of aromatic hydroxyl groups is 1. The third-order valence-electron chi connectivity index (χ3n) is 3.31. The van der Waals surface area contributed by atoms with Crippen molar-refractivity contribution in [3.63, 3.8) is 0 Å². The summed E-state index contributed by atoms with van der Waals surface area (Å²) in [5.41, 5.74) is 2.21. The highest BCUT2D eigenvalue weighted by atomic mass is 16.5. The molecule has 1 heterocycles. The van der Waals surface area contributed by atoms with Gasteiger partial charge in [-0.3, -0.25) is 5.41 Å². The number of rotatable bonds is 3. The van der Waals surface area contributed by atoms with Crippen LogP contribution in [-0.4, -0.2) is 22.9 Å². The molecule has 0 bridgehead atoms. The van der Waals surface area contributed by atoms with Crippen molar-refractivity contribution in [3.05, 3.63) is 59.8 Å². The summed E-state index contributed by atoms with van der Waals surface area (Å²) in [5, 5.41) is 19.2. The van der Waals surface area contributed by atoms with Crippen LogP contribution < -0.4 is 4.74 Å². The Labute approximate surface area is 116 Å². The predicted octanol–water partition coefficient (Wildman–Crippen LogP) is 3.30.